The molecule has 7 heteroatoms. The molecule has 0 bridgehead atoms. The van der Waals surface area contributed by atoms with E-state index in [2.05, 4.69) is 0 Å². The summed E-state index contributed by atoms with van der Waals surface area (Å²) < 4.78 is 41.4. The molecule has 0 aromatic heterocycles. The number of carbonyl (C=O) groups excluding carboxylic acids is 1. The van der Waals surface area contributed by atoms with Gasteiger partial charge in [0.1, 0.15) is 11.3 Å². The lowest BCUT2D eigenvalue weighted by molar-refractivity contribution is -0.136. The summed E-state index contributed by atoms with van der Waals surface area (Å²) in [7, 11) is 2.65. The van der Waals surface area contributed by atoms with Crippen molar-refractivity contribution in [3.05, 3.63) is 23.8 Å². The van der Waals surface area contributed by atoms with E-state index in [1.807, 2.05) is 0 Å². The first-order chi connectivity index (χ1) is 8.76. The molecule has 0 aliphatic rings. The summed E-state index contributed by atoms with van der Waals surface area (Å²) >= 11 is 0. The van der Waals surface area contributed by atoms with Crippen LogP contribution in [0.1, 0.15) is 16.8 Å². The van der Waals surface area contributed by atoms with Crippen LogP contribution in [-0.4, -0.2) is 37.7 Å². The van der Waals surface area contributed by atoms with Gasteiger partial charge in [-0.3, -0.25) is 4.79 Å². The standard InChI is InChI=1S/C12H15F3N2O2/c1-17(7-6-12(13,14)15)11(18)10-8(16)4-3-5-9(10)19-2/h3-5H,6-7,16H2,1-2H3. The van der Waals surface area contributed by atoms with Crippen molar-refractivity contribution in [2.24, 2.45) is 0 Å². The summed E-state index contributed by atoms with van der Waals surface area (Å²) in [6.45, 7) is -0.431. The van der Waals surface area contributed by atoms with Gasteiger partial charge in [-0.2, -0.15) is 13.2 Å². The number of carbonyl (C=O) groups is 1. The fourth-order valence-electron chi connectivity index (χ4n) is 1.53. The number of benzene rings is 1. The maximum atomic E-state index is 12.1. The van der Waals surface area contributed by atoms with E-state index in [9.17, 15) is 18.0 Å². The van der Waals surface area contributed by atoms with E-state index in [4.69, 9.17) is 10.5 Å². The molecule has 2 N–H and O–H groups in total. The molecule has 0 heterocycles. The smallest absolute Gasteiger partial charge is 0.390 e. The Kier molecular flexibility index (Phi) is 4.63. The second kappa shape index (κ2) is 5.81. The van der Waals surface area contributed by atoms with Crippen molar-refractivity contribution in [1.29, 1.82) is 0 Å². The first-order valence-electron chi connectivity index (χ1n) is 5.51. The Morgan fingerprint density at radius 1 is 1.42 bits per heavy atom. The number of hydrogen-bond donors (Lipinski definition) is 1. The summed E-state index contributed by atoms with van der Waals surface area (Å²) in [6, 6.07) is 4.62. The third kappa shape index (κ3) is 4.04. The highest BCUT2D eigenvalue weighted by atomic mass is 19.4. The minimum Gasteiger partial charge on any atom is -0.496 e. The number of rotatable bonds is 4. The van der Waals surface area contributed by atoms with Crippen LogP contribution in [0.5, 0.6) is 5.75 Å². The fourth-order valence-corrected chi connectivity index (χ4v) is 1.53. The van der Waals surface area contributed by atoms with Gasteiger partial charge in [0, 0.05) is 19.3 Å². The number of halogens is 3. The van der Waals surface area contributed by atoms with Gasteiger partial charge >= 0.3 is 6.18 Å². The van der Waals surface area contributed by atoms with Gasteiger partial charge in [0.25, 0.3) is 5.91 Å². The molecule has 106 valence electrons. The van der Waals surface area contributed by atoms with E-state index < -0.39 is 25.0 Å². The summed E-state index contributed by atoms with van der Waals surface area (Å²) in [4.78, 5) is 13.0. The molecule has 1 aromatic carbocycles. The van der Waals surface area contributed by atoms with Gasteiger partial charge in [-0.25, -0.2) is 0 Å². The highest BCUT2D eigenvalue weighted by Gasteiger charge is 2.29. The molecule has 19 heavy (non-hydrogen) atoms. The monoisotopic (exact) mass is 276 g/mol. The quantitative estimate of drug-likeness (QED) is 0.858. The van der Waals surface area contributed by atoms with Crippen molar-refractivity contribution in [2.45, 2.75) is 12.6 Å². The van der Waals surface area contributed by atoms with Crippen molar-refractivity contribution in [3.8, 4) is 5.75 Å². The lowest BCUT2D eigenvalue weighted by atomic mass is 10.1. The number of nitrogens with two attached hydrogens (primary N) is 1. The maximum absolute atomic E-state index is 12.1. The molecular weight excluding hydrogens is 261 g/mol. The van der Waals surface area contributed by atoms with Crippen molar-refractivity contribution in [3.63, 3.8) is 0 Å². The van der Waals surface area contributed by atoms with Crippen LogP contribution in [0.3, 0.4) is 0 Å². The molecule has 0 radical (unpaired) electrons. The van der Waals surface area contributed by atoms with E-state index in [0.29, 0.717) is 0 Å². The molecule has 0 atom stereocenters. The largest absolute Gasteiger partial charge is 0.496 e. The van der Waals surface area contributed by atoms with Gasteiger partial charge in [-0.1, -0.05) is 6.07 Å². The average molecular weight is 276 g/mol. The van der Waals surface area contributed by atoms with Crippen molar-refractivity contribution in [1.82, 2.24) is 4.90 Å². The number of hydrogen-bond acceptors (Lipinski definition) is 3. The third-order valence-corrected chi connectivity index (χ3v) is 2.57. The second-order valence-electron chi connectivity index (χ2n) is 4.02. The van der Waals surface area contributed by atoms with Crippen LogP contribution in [0.15, 0.2) is 18.2 Å². The number of ether oxygens (including phenoxy) is 1. The predicted octanol–water partition coefficient (Wildman–Crippen LogP) is 2.30. The zero-order valence-electron chi connectivity index (χ0n) is 10.6. The number of nitrogen functional groups attached to an aromatic ring is 1. The fraction of sp³-hybridized carbons (Fsp3) is 0.417. The lowest BCUT2D eigenvalue weighted by Crippen LogP contribution is -2.31. The predicted molar refractivity (Wildman–Crippen MR) is 65.0 cm³/mol. The van der Waals surface area contributed by atoms with Crippen molar-refractivity contribution >= 4 is 11.6 Å². The van der Waals surface area contributed by atoms with Crippen LogP contribution in [0.2, 0.25) is 0 Å². The minimum atomic E-state index is -4.30. The summed E-state index contributed by atoms with van der Waals surface area (Å²) in [6.07, 6.45) is -5.37. The minimum absolute atomic E-state index is 0.0784. The van der Waals surface area contributed by atoms with E-state index >= 15 is 0 Å². The molecule has 1 aromatic rings. The molecule has 0 aliphatic carbocycles. The molecule has 0 fully saturated rings. The first-order valence-corrected chi connectivity index (χ1v) is 5.51. The van der Waals surface area contributed by atoms with Gasteiger partial charge in [-0.05, 0) is 12.1 Å². The molecule has 1 amide bonds. The Morgan fingerprint density at radius 3 is 2.58 bits per heavy atom. The molecule has 0 spiro atoms. The molecule has 0 saturated heterocycles. The normalized spacial score (nSPS) is 11.2. The number of amides is 1. The molecule has 0 unspecified atom stereocenters. The summed E-state index contributed by atoms with van der Waals surface area (Å²) in [5.74, 6) is -0.358. The van der Waals surface area contributed by atoms with Gasteiger partial charge in [0.05, 0.1) is 13.5 Å². The van der Waals surface area contributed by atoms with Gasteiger partial charge in [0.2, 0.25) is 0 Å². The van der Waals surface area contributed by atoms with Gasteiger partial charge in [-0.15, -0.1) is 0 Å². The lowest BCUT2D eigenvalue weighted by Gasteiger charge is -2.20. The molecule has 0 saturated carbocycles. The van der Waals surface area contributed by atoms with Gasteiger partial charge < -0.3 is 15.4 Å². The van der Waals surface area contributed by atoms with E-state index in [0.717, 1.165) is 4.90 Å². The van der Waals surface area contributed by atoms with Crippen LogP contribution in [0.4, 0.5) is 18.9 Å². The zero-order valence-corrected chi connectivity index (χ0v) is 10.6. The van der Waals surface area contributed by atoms with E-state index in [1.165, 1.54) is 26.3 Å². The van der Waals surface area contributed by atoms with E-state index in [-0.39, 0.29) is 17.0 Å². The van der Waals surface area contributed by atoms with Crippen LogP contribution in [0, 0.1) is 0 Å². The Balaban J connectivity index is 2.88. The highest BCUT2D eigenvalue weighted by Crippen LogP contribution is 2.26. The van der Waals surface area contributed by atoms with Gasteiger partial charge in [0.15, 0.2) is 0 Å². The molecular formula is C12H15F3N2O2. The summed E-state index contributed by atoms with van der Waals surface area (Å²) in [5, 5.41) is 0. The number of alkyl halides is 3. The maximum Gasteiger partial charge on any atom is 0.390 e. The highest BCUT2D eigenvalue weighted by molar-refractivity contribution is 6.01. The Bertz CT molecular complexity index is 461. The zero-order chi connectivity index (χ0) is 14.6. The average Bonchev–Trinajstić information content (AvgIpc) is 2.33. The first kappa shape index (κ1) is 15.1. The van der Waals surface area contributed by atoms with Crippen LogP contribution in [-0.2, 0) is 0 Å². The topological polar surface area (TPSA) is 55.6 Å². The van der Waals surface area contributed by atoms with Crippen molar-refractivity contribution in [2.75, 3.05) is 26.4 Å². The molecule has 0 aliphatic heterocycles. The Morgan fingerprint density at radius 2 is 2.05 bits per heavy atom. The van der Waals surface area contributed by atoms with Crippen LogP contribution in [0.25, 0.3) is 0 Å². The molecule has 1 rings (SSSR count). The Hall–Kier alpha value is -1.92. The number of methoxy groups -OCH3 is 1. The third-order valence-electron chi connectivity index (χ3n) is 2.57. The summed E-state index contributed by atoms with van der Waals surface area (Å²) in [5.41, 5.74) is 5.92. The van der Waals surface area contributed by atoms with Crippen molar-refractivity contribution < 1.29 is 22.7 Å². The SMILES string of the molecule is COc1cccc(N)c1C(=O)N(C)CCC(F)(F)F. The van der Waals surface area contributed by atoms with Crippen LogP contribution >= 0.6 is 0 Å². The second-order valence-corrected chi connectivity index (χ2v) is 4.02. The van der Waals surface area contributed by atoms with Crippen LogP contribution < -0.4 is 10.5 Å². The Labute approximate surface area is 108 Å². The van der Waals surface area contributed by atoms with E-state index in [1.54, 1.807) is 6.07 Å². The number of nitrogens with zero attached hydrogens (tertiary/aromatic N) is 1. The molecule has 4 nitrogen and oxygen atoms in total. The number of anilines is 1.